The number of fused-ring (bicyclic) bond motifs is 1. The number of aromatic amines is 1. The van der Waals surface area contributed by atoms with Crippen molar-refractivity contribution in [3.63, 3.8) is 0 Å². The number of amides is 1. The second-order valence-corrected chi connectivity index (χ2v) is 24.4. The van der Waals surface area contributed by atoms with Crippen molar-refractivity contribution in [1.29, 1.82) is 0 Å². The summed E-state index contributed by atoms with van der Waals surface area (Å²) < 4.78 is 28.7. The predicted octanol–water partition coefficient (Wildman–Crippen LogP) is 3.29. The highest BCUT2D eigenvalue weighted by Gasteiger charge is 2.65. The molecule has 1 aromatic rings. The van der Waals surface area contributed by atoms with E-state index in [9.17, 15) is 14.4 Å². The van der Waals surface area contributed by atoms with E-state index in [-0.39, 0.29) is 39.6 Å². The van der Waals surface area contributed by atoms with Crippen LogP contribution in [0.3, 0.4) is 0 Å². The zero-order valence-electron chi connectivity index (χ0n) is 26.8. The van der Waals surface area contributed by atoms with Crippen LogP contribution in [0.25, 0.3) is 0 Å². The molecule has 0 aromatic carbocycles. The molecule has 0 spiro atoms. The average Bonchev–Trinajstić information content (AvgIpc) is 3.16. The normalized spacial score (nSPS) is 25.2. The first-order valence-electron chi connectivity index (χ1n) is 14.6. The van der Waals surface area contributed by atoms with E-state index >= 15 is 0 Å². The summed E-state index contributed by atoms with van der Waals surface area (Å²) in [6, 6.07) is 0. The summed E-state index contributed by atoms with van der Waals surface area (Å²) >= 11 is 0. The zero-order chi connectivity index (χ0) is 31.2. The predicted molar refractivity (Wildman–Crippen MR) is 164 cm³/mol. The molecule has 11 nitrogen and oxygen atoms in total. The van der Waals surface area contributed by atoms with Gasteiger partial charge in [0.2, 0.25) is 5.91 Å². The highest BCUT2D eigenvalue weighted by Crippen LogP contribution is 2.56. The quantitative estimate of drug-likeness (QED) is 0.379. The van der Waals surface area contributed by atoms with Crippen LogP contribution in [0.4, 0.5) is 0 Å². The Morgan fingerprint density at radius 3 is 2.29 bits per heavy atom. The van der Waals surface area contributed by atoms with Crippen LogP contribution in [0.1, 0.15) is 80.4 Å². The van der Waals surface area contributed by atoms with Crippen molar-refractivity contribution in [3.05, 3.63) is 32.6 Å². The Morgan fingerprint density at radius 1 is 1.15 bits per heavy atom. The van der Waals surface area contributed by atoms with Gasteiger partial charge in [-0.25, -0.2) is 4.79 Å². The van der Waals surface area contributed by atoms with Crippen LogP contribution >= 0.6 is 0 Å². The Balaban J connectivity index is 2.07. The summed E-state index contributed by atoms with van der Waals surface area (Å²) in [5.41, 5.74) is 4.61. The fourth-order valence-electron chi connectivity index (χ4n) is 5.65. The molecule has 13 heteroatoms. The van der Waals surface area contributed by atoms with E-state index in [1.165, 1.54) is 10.8 Å². The Bertz CT molecular complexity index is 1200. The Kier molecular flexibility index (Phi) is 9.76. The van der Waals surface area contributed by atoms with Gasteiger partial charge in [0.15, 0.2) is 8.32 Å². The minimum Gasteiger partial charge on any atom is -0.408 e. The molecular weight excluding hydrogens is 561 g/mol. The van der Waals surface area contributed by atoms with E-state index in [4.69, 9.17) is 23.7 Å². The molecule has 3 rings (SSSR count). The van der Waals surface area contributed by atoms with E-state index < -0.39 is 52.5 Å². The van der Waals surface area contributed by atoms with Gasteiger partial charge >= 0.3 is 14.3 Å². The Labute approximate surface area is 246 Å². The van der Waals surface area contributed by atoms with Crippen molar-refractivity contribution in [2.45, 2.75) is 128 Å². The maximum Gasteiger partial charge on any atom is 0.349 e. The van der Waals surface area contributed by atoms with Crippen molar-refractivity contribution in [2.24, 2.45) is 5.73 Å². The number of aromatic nitrogens is 2. The first-order chi connectivity index (χ1) is 18.6. The van der Waals surface area contributed by atoms with Crippen LogP contribution in [0.2, 0.25) is 28.2 Å². The summed E-state index contributed by atoms with van der Waals surface area (Å²) in [7, 11) is -5.25. The number of carbonyl (C=O) groups excluding carboxylic acids is 1. The Hall–Kier alpha value is -1.62. The number of nitrogens with zero attached hydrogens (tertiary/aromatic N) is 1. The van der Waals surface area contributed by atoms with Crippen LogP contribution < -0.4 is 22.3 Å². The van der Waals surface area contributed by atoms with E-state index in [1.54, 1.807) is 0 Å². The molecule has 2 aliphatic heterocycles. The molecule has 2 saturated heterocycles. The SMILES string of the molecule is CC(C)(C)[Si](C)(C)O[C@H]1C2O[Si](C(C)(C)C)(C(C)(C)C)OC[C@H]2O[C@H]1c1cn(CCC(=O)NCCN)c(=O)[nH]c1=O. The molecule has 4 N–H and O–H groups in total. The third-order valence-electron chi connectivity index (χ3n) is 8.67. The van der Waals surface area contributed by atoms with Gasteiger partial charge in [-0.3, -0.25) is 19.1 Å². The molecule has 0 saturated carbocycles. The number of rotatable bonds is 8. The lowest BCUT2D eigenvalue weighted by atomic mass is 10.0. The summed E-state index contributed by atoms with van der Waals surface area (Å²) in [6.07, 6.45) is -0.693. The minimum absolute atomic E-state index is 0.0638. The van der Waals surface area contributed by atoms with E-state index in [0.29, 0.717) is 19.7 Å². The number of nitrogens with two attached hydrogens (primary N) is 1. The minimum atomic E-state index is -2.87. The second-order valence-electron chi connectivity index (χ2n) is 14.9. The van der Waals surface area contributed by atoms with Crippen molar-refractivity contribution in [2.75, 3.05) is 19.7 Å². The smallest absolute Gasteiger partial charge is 0.349 e. The van der Waals surface area contributed by atoms with Crippen molar-refractivity contribution >= 4 is 22.8 Å². The number of aryl methyl sites for hydroxylation is 1. The van der Waals surface area contributed by atoms with Crippen molar-refractivity contribution < 1.29 is 22.8 Å². The lowest BCUT2D eigenvalue weighted by molar-refractivity contribution is -0.121. The molecule has 0 aliphatic carbocycles. The van der Waals surface area contributed by atoms with Crippen LogP contribution in [0, 0.1) is 0 Å². The average molecular weight is 613 g/mol. The van der Waals surface area contributed by atoms with Gasteiger partial charge in [-0.1, -0.05) is 62.3 Å². The zero-order valence-corrected chi connectivity index (χ0v) is 28.8. The lowest BCUT2D eigenvalue weighted by Crippen LogP contribution is -2.66. The first-order valence-corrected chi connectivity index (χ1v) is 19.3. The van der Waals surface area contributed by atoms with Gasteiger partial charge in [0.1, 0.15) is 24.4 Å². The Morgan fingerprint density at radius 2 is 1.76 bits per heavy atom. The van der Waals surface area contributed by atoms with E-state index in [2.05, 4.69) is 85.7 Å². The van der Waals surface area contributed by atoms with Crippen LogP contribution in [0.5, 0.6) is 0 Å². The summed E-state index contributed by atoms with van der Waals surface area (Å²) in [5.74, 6) is -0.228. The molecule has 1 unspecified atom stereocenters. The van der Waals surface area contributed by atoms with Crippen molar-refractivity contribution in [1.82, 2.24) is 14.9 Å². The van der Waals surface area contributed by atoms with Crippen LogP contribution in [0.15, 0.2) is 15.8 Å². The maximum absolute atomic E-state index is 13.3. The third-order valence-corrected chi connectivity index (χ3v) is 18.3. The van der Waals surface area contributed by atoms with Gasteiger partial charge in [0, 0.05) is 42.3 Å². The van der Waals surface area contributed by atoms with Crippen molar-refractivity contribution in [3.8, 4) is 0 Å². The number of H-pyrrole nitrogens is 1. The first kappa shape index (κ1) is 33.9. The molecule has 41 heavy (non-hydrogen) atoms. The van der Waals surface area contributed by atoms with E-state index in [0.717, 1.165) is 0 Å². The molecule has 4 atom stereocenters. The highest BCUT2D eigenvalue weighted by atomic mass is 28.4. The number of hydrogen-bond donors (Lipinski definition) is 3. The van der Waals surface area contributed by atoms with Gasteiger partial charge in [-0.15, -0.1) is 0 Å². The molecular formula is C28H52N4O7Si2. The molecule has 0 bridgehead atoms. The number of nitrogens with one attached hydrogen (secondary N) is 2. The maximum atomic E-state index is 13.3. The summed E-state index contributed by atoms with van der Waals surface area (Å²) in [6.45, 7) is 24.9. The van der Waals surface area contributed by atoms with Gasteiger partial charge in [0.05, 0.1) is 12.2 Å². The van der Waals surface area contributed by atoms with Gasteiger partial charge in [-0.05, 0) is 18.1 Å². The molecule has 3 heterocycles. The summed E-state index contributed by atoms with van der Waals surface area (Å²) in [5, 5.41) is 2.10. The van der Waals surface area contributed by atoms with Gasteiger partial charge in [0.25, 0.3) is 5.56 Å². The van der Waals surface area contributed by atoms with Gasteiger partial charge < -0.3 is 29.1 Å². The highest BCUT2D eigenvalue weighted by molar-refractivity contribution is 6.74. The third kappa shape index (κ3) is 6.81. The summed E-state index contributed by atoms with van der Waals surface area (Å²) in [4.78, 5) is 40.5. The largest absolute Gasteiger partial charge is 0.408 e. The molecule has 1 aromatic heterocycles. The molecule has 234 valence electrons. The fourth-order valence-corrected chi connectivity index (χ4v) is 11.9. The second kappa shape index (κ2) is 11.8. The van der Waals surface area contributed by atoms with Crippen LogP contribution in [-0.2, 0) is 29.4 Å². The molecule has 2 fully saturated rings. The van der Waals surface area contributed by atoms with Crippen LogP contribution in [-0.4, -0.2) is 70.3 Å². The number of ether oxygens (including phenoxy) is 1. The fraction of sp³-hybridized carbons (Fsp3) is 0.821. The standard InChI is InChI=1S/C28H52N4O7Si2/c1-26(2,3)40(10,11)38-23-21(18-16-32(25(35)31-24(18)34)15-12-20(33)30-14-13-29)37-19-17-36-41(27(4,5)6,28(7,8)9)39-22(19)23/h16,19,21-23H,12-15,17,29H2,1-11H3,(H,30,33)(H,31,34,35)/t19-,21+,22?,23-/m1/s1. The molecule has 2 aliphatic rings. The number of carbonyl (C=O) groups is 1. The van der Waals surface area contributed by atoms with E-state index in [1.807, 2.05) is 0 Å². The lowest BCUT2D eigenvalue weighted by Gasteiger charge is -2.54. The molecule has 1 amide bonds. The topological polar surface area (TPSA) is 147 Å². The monoisotopic (exact) mass is 612 g/mol. The number of hydrogen-bond acceptors (Lipinski definition) is 8. The molecule has 0 radical (unpaired) electrons. The van der Waals surface area contributed by atoms with Gasteiger partial charge in [-0.2, -0.15) is 0 Å².